The van der Waals surface area contributed by atoms with Crippen LogP contribution in [0.2, 0.25) is 5.02 Å². The average molecular weight is 636 g/mol. The lowest BCUT2D eigenvalue weighted by Gasteiger charge is -2.37. The first-order valence-corrected chi connectivity index (χ1v) is 16.0. The number of ether oxygens (including phenoxy) is 2. The number of aryl methyl sites for hydroxylation is 1. The van der Waals surface area contributed by atoms with E-state index < -0.39 is 29.6 Å². The zero-order valence-electron chi connectivity index (χ0n) is 26.0. The summed E-state index contributed by atoms with van der Waals surface area (Å²) in [5.74, 6) is -1.75. The summed E-state index contributed by atoms with van der Waals surface area (Å²) in [5, 5.41) is 9.91. The summed E-state index contributed by atoms with van der Waals surface area (Å²) in [7, 11) is 0. The summed E-state index contributed by atoms with van der Waals surface area (Å²) < 4.78 is 12.3. The fraction of sp³-hybridized carbons (Fsp3) is 0.457. The molecule has 2 aromatic rings. The number of halogens is 1. The van der Waals surface area contributed by atoms with Crippen molar-refractivity contribution in [2.24, 2.45) is 11.8 Å². The lowest BCUT2D eigenvalue weighted by atomic mass is 9.70. The van der Waals surface area contributed by atoms with E-state index in [1.165, 1.54) is 0 Å². The minimum absolute atomic E-state index is 0.0328. The number of benzene rings is 2. The summed E-state index contributed by atoms with van der Waals surface area (Å²) >= 11 is 6.65. The van der Waals surface area contributed by atoms with Crippen molar-refractivity contribution in [3.63, 3.8) is 0 Å². The number of amides is 3. The molecule has 240 valence electrons. The number of carbonyl (C=O) groups is 3. The topological polar surface area (TPSA) is 99.6 Å². The van der Waals surface area contributed by atoms with E-state index in [4.69, 9.17) is 21.1 Å². The molecule has 0 radical (unpaired) electrons. The number of aliphatic hydroxyl groups is 1. The number of nitrogens with zero attached hydrogens (tertiary/aromatic N) is 3. The van der Waals surface area contributed by atoms with Gasteiger partial charge in [0.05, 0.1) is 35.3 Å². The number of fused-ring (bicyclic) bond motifs is 1. The number of aliphatic hydroxyl groups excluding tert-OH is 1. The van der Waals surface area contributed by atoms with Crippen molar-refractivity contribution >= 4 is 40.7 Å². The molecule has 45 heavy (non-hydrogen) atoms. The van der Waals surface area contributed by atoms with Gasteiger partial charge in [0.15, 0.2) is 0 Å². The summed E-state index contributed by atoms with van der Waals surface area (Å²) in [6.45, 7) is 12.7. The molecule has 3 aliphatic heterocycles. The van der Waals surface area contributed by atoms with Crippen molar-refractivity contribution in [2.75, 3.05) is 42.6 Å². The number of para-hydroxylation sites is 1. The molecule has 2 unspecified atom stereocenters. The Balaban J connectivity index is 1.54. The molecule has 9 nitrogen and oxygen atoms in total. The van der Waals surface area contributed by atoms with Gasteiger partial charge in [0.2, 0.25) is 11.8 Å². The monoisotopic (exact) mass is 635 g/mol. The zero-order chi connectivity index (χ0) is 32.3. The lowest BCUT2D eigenvalue weighted by Crippen LogP contribution is -2.57. The van der Waals surface area contributed by atoms with Gasteiger partial charge in [-0.1, -0.05) is 35.9 Å². The molecule has 0 saturated carbocycles. The number of anilines is 2. The SMILES string of the molecule is C=CCN(C(=O)[C@@H]1[C@@H]2CCC3(O2)C(C(=O)N(CC=C)c2c(C)cccc2Cl)N(CCCCO)C(=O)[C@H]13)c1ccc(OCC)cc1. The summed E-state index contributed by atoms with van der Waals surface area (Å²) in [6.07, 6.45) is 4.77. The summed E-state index contributed by atoms with van der Waals surface area (Å²) in [6, 6.07) is 11.7. The van der Waals surface area contributed by atoms with Gasteiger partial charge in [-0.25, -0.2) is 0 Å². The van der Waals surface area contributed by atoms with Crippen molar-refractivity contribution < 1.29 is 29.0 Å². The first-order valence-electron chi connectivity index (χ1n) is 15.7. The number of carbonyl (C=O) groups excluding carboxylic acids is 3. The predicted molar refractivity (Wildman–Crippen MR) is 175 cm³/mol. The zero-order valence-corrected chi connectivity index (χ0v) is 26.7. The molecule has 2 aromatic carbocycles. The van der Waals surface area contributed by atoms with E-state index >= 15 is 0 Å². The van der Waals surface area contributed by atoms with Crippen LogP contribution in [0.1, 0.15) is 38.2 Å². The molecular formula is C35H42ClN3O6. The van der Waals surface area contributed by atoms with Crippen LogP contribution in [0.3, 0.4) is 0 Å². The van der Waals surface area contributed by atoms with Gasteiger partial charge >= 0.3 is 0 Å². The third-order valence-electron chi connectivity index (χ3n) is 9.20. The Labute approximate surface area is 270 Å². The van der Waals surface area contributed by atoms with Crippen LogP contribution in [0.4, 0.5) is 11.4 Å². The number of likely N-dealkylation sites (tertiary alicyclic amines) is 1. The van der Waals surface area contributed by atoms with Crippen LogP contribution in [0.5, 0.6) is 5.75 Å². The maximum absolute atomic E-state index is 14.7. The number of hydrogen-bond acceptors (Lipinski definition) is 6. The third-order valence-corrected chi connectivity index (χ3v) is 9.50. The molecule has 1 spiro atoms. The summed E-state index contributed by atoms with van der Waals surface area (Å²) in [5.41, 5.74) is 0.845. The highest BCUT2D eigenvalue weighted by molar-refractivity contribution is 6.34. The van der Waals surface area contributed by atoms with Crippen LogP contribution >= 0.6 is 11.6 Å². The van der Waals surface area contributed by atoms with E-state index in [-0.39, 0.29) is 44.0 Å². The van der Waals surface area contributed by atoms with Crippen molar-refractivity contribution in [3.05, 3.63) is 78.4 Å². The van der Waals surface area contributed by atoms with Gasteiger partial charge in [0.25, 0.3) is 5.91 Å². The van der Waals surface area contributed by atoms with Crippen LogP contribution in [0, 0.1) is 18.8 Å². The van der Waals surface area contributed by atoms with E-state index in [0.717, 1.165) is 5.56 Å². The Morgan fingerprint density at radius 2 is 1.82 bits per heavy atom. The Morgan fingerprint density at radius 1 is 1.11 bits per heavy atom. The Bertz CT molecular complexity index is 1430. The van der Waals surface area contributed by atoms with Gasteiger partial charge in [-0.3, -0.25) is 14.4 Å². The molecule has 0 aromatic heterocycles. The minimum atomic E-state index is -1.17. The Hall–Kier alpha value is -3.66. The van der Waals surface area contributed by atoms with Crippen LogP contribution in [0.25, 0.3) is 0 Å². The standard InChI is InChI=1S/C35H42ClN3O6/c1-5-19-37(24-13-15-25(16-14-24)44-7-3)32(41)28-27-17-18-35(45-27)29(28)33(42)39(21-8-9-22-40)31(35)34(43)38(20-6-2)30-23(4)11-10-12-26(30)36/h5-6,10-16,27-29,31,40H,1-2,7-9,17-22H2,3-4H3/t27-,28+,29-,31?,35?/m0/s1. The van der Waals surface area contributed by atoms with Crippen molar-refractivity contribution in [3.8, 4) is 5.75 Å². The fourth-order valence-corrected chi connectivity index (χ4v) is 7.73. The van der Waals surface area contributed by atoms with E-state index in [9.17, 15) is 19.5 Å². The molecule has 3 saturated heterocycles. The van der Waals surface area contributed by atoms with E-state index in [0.29, 0.717) is 54.4 Å². The molecule has 2 bridgehead atoms. The first-order chi connectivity index (χ1) is 21.7. The van der Waals surface area contributed by atoms with Crippen LogP contribution in [-0.4, -0.2) is 78.3 Å². The molecule has 1 N–H and O–H groups in total. The highest BCUT2D eigenvalue weighted by atomic mass is 35.5. The van der Waals surface area contributed by atoms with Crippen LogP contribution in [-0.2, 0) is 19.1 Å². The molecule has 3 amide bonds. The molecule has 10 heteroatoms. The average Bonchev–Trinajstić information content (AvgIpc) is 3.67. The van der Waals surface area contributed by atoms with Crippen LogP contribution in [0.15, 0.2) is 67.8 Å². The van der Waals surface area contributed by atoms with Gasteiger partial charge in [-0.05, 0) is 75.4 Å². The summed E-state index contributed by atoms with van der Waals surface area (Å²) in [4.78, 5) is 48.4. The van der Waals surface area contributed by atoms with Crippen molar-refractivity contribution in [1.29, 1.82) is 0 Å². The Morgan fingerprint density at radius 3 is 2.47 bits per heavy atom. The van der Waals surface area contributed by atoms with Crippen molar-refractivity contribution in [2.45, 2.75) is 57.3 Å². The third kappa shape index (κ3) is 5.77. The largest absolute Gasteiger partial charge is 0.494 e. The highest BCUT2D eigenvalue weighted by Gasteiger charge is 2.75. The van der Waals surface area contributed by atoms with Gasteiger partial charge < -0.3 is 29.3 Å². The second kappa shape index (κ2) is 13.8. The quantitative estimate of drug-likeness (QED) is 0.233. The molecular weight excluding hydrogens is 594 g/mol. The molecule has 3 heterocycles. The highest BCUT2D eigenvalue weighted by Crippen LogP contribution is 2.59. The van der Waals surface area contributed by atoms with E-state index in [1.807, 2.05) is 50.2 Å². The lowest BCUT2D eigenvalue weighted by molar-refractivity contribution is -0.140. The number of unbranched alkanes of at least 4 members (excludes halogenated alkanes) is 1. The normalized spacial score (nSPS) is 24.8. The molecule has 3 fully saturated rings. The molecule has 0 aliphatic carbocycles. The van der Waals surface area contributed by atoms with Gasteiger partial charge in [0.1, 0.15) is 17.4 Å². The predicted octanol–water partition coefficient (Wildman–Crippen LogP) is 4.93. The second-order valence-corrected chi connectivity index (χ2v) is 12.2. The van der Waals surface area contributed by atoms with Gasteiger partial charge in [0, 0.05) is 31.9 Å². The van der Waals surface area contributed by atoms with Crippen LogP contribution < -0.4 is 14.5 Å². The maximum atomic E-state index is 14.7. The smallest absolute Gasteiger partial charge is 0.253 e. The van der Waals surface area contributed by atoms with Crippen molar-refractivity contribution in [1.82, 2.24) is 4.90 Å². The second-order valence-electron chi connectivity index (χ2n) is 11.8. The maximum Gasteiger partial charge on any atom is 0.253 e. The van der Waals surface area contributed by atoms with E-state index in [1.54, 1.807) is 32.9 Å². The number of hydrogen-bond donors (Lipinski definition) is 1. The molecule has 3 aliphatic rings. The minimum Gasteiger partial charge on any atom is -0.494 e. The first kappa shape index (κ1) is 32.7. The van der Waals surface area contributed by atoms with Gasteiger partial charge in [-0.2, -0.15) is 0 Å². The molecule has 5 rings (SSSR count). The van der Waals surface area contributed by atoms with E-state index in [2.05, 4.69) is 13.2 Å². The van der Waals surface area contributed by atoms with Gasteiger partial charge in [-0.15, -0.1) is 13.2 Å². The Kier molecular flexibility index (Phi) is 10.0. The molecule has 5 atom stereocenters. The fourth-order valence-electron chi connectivity index (χ4n) is 7.40. The number of rotatable bonds is 14.